The number of aromatic nitrogens is 2. The first kappa shape index (κ1) is 12.6. The van der Waals surface area contributed by atoms with E-state index >= 15 is 0 Å². The van der Waals surface area contributed by atoms with Gasteiger partial charge in [0.05, 0.1) is 11.4 Å². The smallest absolute Gasteiger partial charge is 0.263 e. The number of nitrogen functional groups attached to an aromatic ring is 1. The Kier molecular flexibility index (Phi) is 3.33. The summed E-state index contributed by atoms with van der Waals surface area (Å²) in [7, 11) is 0. The summed E-state index contributed by atoms with van der Waals surface area (Å²) < 4.78 is 5.03. The minimum Gasteiger partial charge on any atom is -0.375 e. The van der Waals surface area contributed by atoms with Crippen LogP contribution in [0.1, 0.15) is 32.4 Å². The summed E-state index contributed by atoms with van der Waals surface area (Å²) in [5.74, 6) is 0.537. The monoisotopic (exact) mass is 266 g/mol. The van der Waals surface area contributed by atoms with Crippen LogP contribution in [0.4, 0.5) is 5.13 Å². The van der Waals surface area contributed by atoms with Gasteiger partial charge >= 0.3 is 0 Å². The van der Waals surface area contributed by atoms with Gasteiger partial charge in [-0.1, -0.05) is 16.5 Å². The van der Waals surface area contributed by atoms with Crippen molar-refractivity contribution in [3.05, 3.63) is 27.6 Å². The SMILES string of the molecule is Cc1nc(N)sc1C(=O)NCc1c(C)noc1C. The first-order chi connectivity index (χ1) is 8.49. The Morgan fingerprint density at radius 2 is 2.11 bits per heavy atom. The lowest BCUT2D eigenvalue weighted by Crippen LogP contribution is -2.23. The van der Waals surface area contributed by atoms with Gasteiger partial charge in [-0.25, -0.2) is 4.98 Å². The van der Waals surface area contributed by atoms with Crippen molar-refractivity contribution in [1.29, 1.82) is 0 Å². The fraction of sp³-hybridized carbons (Fsp3) is 0.364. The number of carbonyl (C=O) groups excluding carboxylic acids is 1. The van der Waals surface area contributed by atoms with Crippen LogP contribution in [-0.4, -0.2) is 16.0 Å². The molecule has 18 heavy (non-hydrogen) atoms. The lowest BCUT2D eigenvalue weighted by Gasteiger charge is -2.03. The molecule has 2 aromatic heterocycles. The zero-order chi connectivity index (χ0) is 13.3. The van der Waals surface area contributed by atoms with E-state index in [1.54, 1.807) is 6.92 Å². The van der Waals surface area contributed by atoms with Crippen molar-refractivity contribution >= 4 is 22.4 Å². The normalized spacial score (nSPS) is 10.6. The van der Waals surface area contributed by atoms with Gasteiger partial charge in [0.1, 0.15) is 10.6 Å². The van der Waals surface area contributed by atoms with Gasteiger partial charge in [-0.2, -0.15) is 0 Å². The average Bonchev–Trinajstić information content (AvgIpc) is 2.80. The minimum absolute atomic E-state index is 0.179. The van der Waals surface area contributed by atoms with Gasteiger partial charge in [0, 0.05) is 12.1 Å². The average molecular weight is 266 g/mol. The zero-order valence-corrected chi connectivity index (χ0v) is 11.2. The molecule has 2 rings (SSSR count). The number of aryl methyl sites for hydroxylation is 3. The molecule has 0 saturated carbocycles. The number of carbonyl (C=O) groups is 1. The van der Waals surface area contributed by atoms with Crippen LogP contribution in [-0.2, 0) is 6.54 Å². The molecule has 0 unspecified atom stereocenters. The number of amides is 1. The van der Waals surface area contributed by atoms with Crippen LogP contribution in [0.2, 0.25) is 0 Å². The minimum atomic E-state index is -0.179. The summed E-state index contributed by atoms with van der Waals surface area (Å²) in [6.07, 6.45) is 0. The van der Waals surface area contributed by atoms with Crippen LogP contribution < -0.4 is 11.1 Å². The van der Waals surface area contributed by atoms with Crippen molar-refractivity contribution in [2.24, 2.45) is 0 Å². The quantitative estimate of drug-likeness (QED) is 0.879. The molecule has 1 amide bonds. The van der Waals surface area contributed by atoms with Crippen molar-refractivity contribution in [2.45, 2.75) is 27.3 Å². The third kappa shape index (κ3) is 2.35. The van der Waals surface area contributed by atoms with E-state index in [0.717, 1.165) is 11.3 Å². The molecule has 0 saturated heterocycles. The van der Waals surface area contributed by atoms with Gasteiger partial charge < -0.3 is 15.6 Å². The number of anilines is 1. The molecule has 0 atom stereocenters. The maximum atomic E-state index is 11.9. The van der Waals surface area contributed by atoms with Crippen LogP contribution in [0.5, 0.6) is 0 Å². The van der Waals surface area contributed by atoms with Crippen molar-refractivity contribution < 1.29 is 9.32 Å². The van der Waals surface area contributed by atoms with E-state index in [2.05, 4.69) is 15.5 Å². The van der Waals surface area contributed by atoms with Crippen molar-refractivity contribution in [2.75, 3.05) is 5.73 Å². The lowest BCUT2D eigenvalue weighted by molar-refractivity contribution is 0.0954. The maximum absolute atomic E-state index is 11.9. The number of rotatable bonds is 3. The molecule has 0 bridgehead atoms. The Bertz CT molecular complexity index is 568. The van der Waals surface area contributed by atoms with Crippen molar-refractivity contribution in [3.8, 4) is 0 Å². The first-order valence-electron chi connectivity index (χ1n) is 5.42. The van der Waals surface area contributed by atoms with E-state index in [1.165, 1.54) is 11.3 Å². The third-order valence-corrected chi connectivity index (χ3v) is 3.61. The molecule has 3 N–H and O–H groups in total. The summed E-state index contributed by atoms with van der Waals surface area (Å²) in [6, 6.07) is 0. The van der Waals surface area contributed by atoms with Gasteiger partial charge in [-0.15, -0.1) is 0 Å². The largest absolute Gasteiger partial charge is 0.375 e. The predicted octanol–water partition coefficient (Wildman–Crippen LogP) is 1.57. The topological polar surface area (TPSA) is 94.0 Å². The standard InChI is InChI=1S/C11H14N4O2S/c1-5-8(7(3)17-15-5)4-13-10(16)9-6(2)14-11(12)18-9/h4H2,1-3H3,(H2,12,14)(H,13,16). The van der Waals surface area contributed by atoms with Crippen molar-refractivity contribution in [3.63, 3.8) is 0 Å². The summed E-state index contributed by atoms with van der Waals surface area (Å²) in [6.45, 7) is 5.81. The summed E-state index contributed by atoms with van der Waals surface area (Å²) >= 11 is 1.18. The Labute approximate surface area is 108 Å². The number of hydrogen-bond donors (Lipinski definition) is 2. The Morgan fingerprint density at radius 1 is 1.39 bits per heavy atom. The number of nitrogens with two attached hydrogens (primary N) is 1. The van der Waals surface area contributed by atoms with Crippen LogP contribution in [0, 0.1) is 20.8 Å². The zero-order valence-electron chi connectivity index (χ0n) is 10.4. The van der Waals surface area contributed by atoms with Gasteiger partial charge in [0.15, 0.2) is 5.13 Å². The molecule has 2 aromatic rings. The molecule has 0 aromatic carbocycles. The molecule has 0 aliphatic rings. The molecular formula is C11H14N4O2S. The fourth-order valence-electron chi connectivity index (χ4n) is 1.63. The summed E-state index contributed by atoms with van der Waals surface area (Å²) in [4.78, 5) is 16.5. The van der Waals surface area contributed by atoms with Crippen LogP contribution in [0.25, 0.3) is 0 Å². The second-order valence-corrected chi connectivity index (χ2v) is 4.98. The maximum Gasteiger partial charge on any atom is 0.263 e. The second-order valence-electron chi connectivity index (χ2n) is 3.95. The van der Waals surface area contributed by atoms with Crippen LogP contribution in [0.15, 0.2) is 4.52 Å². The Morgan fingerprint density at radius 3 is 2.61 bits per heavy atom. The predicted molar refractivity (Wildman–Crippen MR) is 68.4 cm³/mol. The highest BCUT2D eigenvalue weighted by Crippen LogP contribution is 2.19. The van der Waals surface area contributed by atoms with Crippen LogP contribution in [0.3, 0.4) is 0 Å². The van der Waals surface area contributed by atoms with Gasteiger partial charge in [-0.3, -0.25) is 4.79 Å². The molecule has 0 spiro atoms. The molecular weight excluding hydrogens is 252 g/mol. The van der Waals surface area contributed by atoms with Gasteiger partial charge in [0.25, 0.3) is 5.91 Å². The molecule has 7 heteroatoms. The van der Waals surface area contributed by atoms with Crippen molar-refractivity contribution in [1.82, 2.24) is 15.5 Å². The Hall–Kier alpha value is -1.89. The number of nitrogens with one attached hydrogen (secondary N) is 1. The Balaban J connectivity index is 2.07. The highest BCUT2D eigenvalue weighted by atomic mass is 32.1. The van der Waals surface area contributed by atoms with E-state index in [-0.39, 0.29) is 5.91 Å². The number of nitrogens with zero attached hydrogens (tertiary/aromatic N) is 2. The molecule has 6 nitrogen and oxygen atoms in total. The van der Waals surface area contributed by atoms with E-state index in [0.29, 0.717) is 28.0 Å². The summed E-state index contributed by atoms with van der Waals surface area (Å²) in [5, 5.41) is 7.04. The molecule has 0 aliphatic carbocycles. The van der Waals surface area contributed by atoms with E-state index in [9.17, 15) is 4.79 Å². The van der Waals surface area contributed by atoms with E-state index in [1.807, 2.05) is 13.8 Å². The molecule has 2 heterocycles. The second kappa shape index (κ2) is 4.77. The van der Waals surface area contributed by atoms with Gasteiger partial charge in [-0.05, 0) is 20.8 Å². The third-order valence-electron chi connectivity index (χ3n) is 2.63. The molecule has 0 aliphatic heterocycles. The lowest BCUT2D eigenvalue weighted by atomic mass is 10.2. The molecule has 96 valence electrons. The number of thiazole rings is 1. The van der Waals surface area contributed by atoms with Crippen LogP contribution >= 0.6 is 11.3 Å². The molecule has 0 radical (unpaired) electrons. The molecule has 0 fully saturated rings. The summed E-state index contributed by atoms with van der Waals surface area (Å²) in [5.41, 5.74) is 7.89. The van der Waals surface area contributed by atoms with E-state index in [4.69, 9.17) is 10.3 Å². The van der Waals surface area contributed by atoms with E-state index < -0.39 is 0 Å². The fourth-order valence-corrected chi connectivity index (χ4v) is 2.38. The highest BCUT2D eigenvalue weighted by molar-refractivity contribution is 7.17. The highest BCUT2D eigenvalue weighted by Gasteiger charge is 2.15. The number of hydrogen-bond acceptors (Lipinski definition) is 6. The first-order valence-corrected chi connectivity index (χ1v) is 6.23. The van der Waals surface area contributed by atoms with Gasteiger partial charge in [0.2, 0.25) is 0 Å².